The fourth-order valence-electron chi connectivity index (χ4n) is 7.33. The molecule has 22 heavy (non-hydrogen) atoms. The SMILES string of the molecule is C[C@]12CCCC[C@@H]1C(=CO)C[C@@H]1[C@@H]2CC[C@]2(C)[C@@H](O)CC[C@@H]12. The molecule has 2 nitrogen and oxygen atoms in total. The Morgan fingerprint density at radius 1 is 0.955 bits per heavy atom. The second kappa shape index (κ2) is 5.00. The third-order valence-electron chi connectivity index (χ3n) is 8.57. The van der Waals surface area contributed by atoms with Gasteiger partial charge >= 0.3 is 0 Å². The lowest BCUT2D eigenvalue weighted by Gasteiger charge is -2.60. The normalized spacial score (nSPS) is 56.3. The monoisotopic (exact) mass is 304 g/mol. The van der Waals surface area contributed by atoms with Crippen LogP contribution in [0.3, 0.4) is 0 Å². The molecular formula is C20H32O2. The Bertz CT molecular complexity index is 484. The van der Waals surface area contributed by atoms with Gasteiger partial charge in [0, 0.05) is 0 Å². The minimum atomic E-state index is -0.100. The number of aliphatic hydroxyl groups is 2. The summed E-state index contributed by atoms with van der Waals surface area (Å²) in [7, 11) is 0. The first-order valence-corrected chi connectivity index (χ1v) is 9.52. The largest absolute Gasteiger partial charge is 0.516 e. The minimum absolute atomic E-state index is 0.100. The fraction of sp³-hybridized carbons (Fsp3) is 0.900. The van der Waals surface area contributed by atoms with Crippen LogP contribution in [0.1, 0.15) is 71.6 Å². The zero-order valence-corrected chi connectivity index (χ0v) is 14.2. The van der Waals surface area contributed by atoms with E-state index in [-0.39, 0.29) is 11.5 Å². The standard InChI is InChI=1S/C20H32O2/c1-19-9-4-3-5-15(19)13(12-21)11-14-16-6-7-18(22)20(16,2)10-8-17(14)19/h12,14-18,21-22H,3-11H2,1-2H3/t14-,15+,16-,17-,18-,19-,20-/m0/s1. The van der Waals surface area contributed by atoms with Gasteiger partial charge in [-0.25, -0.2) is 0 Å². The van der Waals surface area contributed by atoms with Gasteiger partial charge < -0.3 is 10.2 Å². The Balaban J connectivity index is 1.72. The number of aliphatic hydroxyl groups excluding tert-OH is 2. The van der Waals surface area contributed by atoms with E-state index < -0.39 is 0 Å². The van der Waals surface area contributed by atoms with E-state index in [0.29, 0.717) is 23.2 Å². The molecule has 2 heteroatoms. The molecule has 2 N–H and O–H groups in total. The van der Waals surface area contributed by atoms with Crippen LogP contribution in [0.2, 0.25) is 0 Å². The van der Waals surface area contributed by atoms with E-state index in [1.807, 2.05) is 0 Å². The lowest BCUT2D eigenvalue weighted by molar-refractivity contribution is -0.103. The maximum absolute atomic E-state index is 10.5. The first kappa shape index (κ1) is 15.1. The maximum atomic E-state index is 10.5. The summed E-state index contributed by atoms with van der Waals surface area (Å²) in [5, 5.41) is 20.4. The highest BCUT2D eigenvalue weighted by atomic mass is 16.3. The average Bonchev–Trinajstić information content (AvgIpc) is 2.82. The number of fused-ring (bicyclic) bond motifs is 5. The van der Waals surface area contributed by atoms with E-state index in [4.69, 9.17) is 0 Å². The van der Waals surface area contributed by atoms with Crippen molar-refractivity contribution in [2.24, 2.45) is 34.5 Å². The Morgan fingerprint density at radius 3 is 2.50 bits per heavy atom. The third kappa shape index (κ3) is 1.82. The molecule has 4 aliphatic rings. The highest BCUT2D eigenvalue weighted by molar-refractivity contribution is 5.20. The molecule has 0 unspecified atom stereocenters. The average molecular weight is 304 g/mol. The molecule has 0 radical (unpaired) electrons. The Morgan fingerprint density at radius 2 is 1.73 bits per heavy atom. The molecule has 4 fully saturated rings. The first-order chi connectivity index (χ1) is 10.5. The summed E-state index contributed by atoms with van der Waals surface area (Å²) in [6, 6.07) is 0. The lowest BCUT2D eigenvalue weighted by Crippen LogP contribution is -2.54. The van der Waals surface area contributed by atoms with Crippen molar-refractivity contribution in [1.29, 1.82) is 0 Å². The predicted octanol–water partition coefficient (Wildman–Crippen LogP) is 4.83. The highest BCUT2D eigenvalue weighted by Crippen LogP contribution is 2.67. The van der Waals surface area contributed by atoms with Crippen LogP contribution in [0.4, 0.5) is 0 Å². The quantitative estimate of drug-likeness (QED) is 0.629. The molecule has 0 saturated heterocycles. The second-order valence-corrected chi connectivity index (χ2v) is 9.23. The van der Waals surface area contributed by atoms with Crippen molar-refractivity contribution in [3.63, 3.8) is 0 Å². The Labute approximate surface area is 135 Å². The van der Waals surface area contributed by atoms with Gasteiger partial charge in [-0.3, -0.25) is 0 Å². The van der Waals surface area contributed by atoms with Crippen LogP contribution in [-0.4, -0.2) is 16.3 Å². The Hall–Kier alpha value is -0.500. The van der Waals surface area contributed by atoms with Crippen LogP contribution in [0, 0.1) is 34.5 Å². The maximum Gasteiger partial charge on any atom is 0.0786 e. The van der Waals surface area contributed by atoms with Crippen LogP contribution >= 0.6 is 0 Å². The van der Waals surface area contributed by atoms with E-state index in [1.54, 1.807) is 0 Å². The zero-order chi connectivity index (χ0) is 15.5. The molecule has 4 aliphatic carbocycles. The first-order valence-electron chi connectivity index (χ1n) is 9.52. The van der Waals surface area contributed by atoms with Crippen molar-refractivity contribution in [1.82, 2.24) is 0 Å². The van der Waals surface area contributed by atoms with Gasteiger partial charge in [0.1, 0.15) is 0 Å². The topological polar surface area (TPSA) is 40.5 Å². The molecule has 7 atom stereocenters. The van der Waals surface area contributed by atoms with Gasteiger partial charge in [-0.05, 0) is 85.0 Å². The van der Waals surface area contributed by atoms with E-state index in [0.717, 1.165) is 18.8 Å². The van der Waals surface area contributed by atoms with Gasteiger partial charge in [0.2, 0.25) is 0 Å². The lowest BCUT2D eigenvalue weighted by atomic mass is 9.44. The van der Waals surface area contributed by atoms with Crippen molar-refractivity contribution < 1.29 is 10.2 Å². The van der Waals surface area contributed by atoms with Gasteiger partial charge in [0.25, 0.3) is 0 Å². The van der Waals surface area contributed by atoms with Crippen molar-refractivity contribution in [2.45, 2.75) is 77.7 Å². The number of hydrogen-bond donors (Lipinski definition) is 2. The van der Waals surface area contributed by atoms with Gasteiger partial charge in [-0.2, -0.15) is 0 Å². The van der Waals surface area contributed by atoms with Crippen molar-refractivity contribution in [2.75, 3.05) is 0 Å². The zero-order valence-electron chi connectivity index (χ0n) is 14.2. The minimum Gasteiger partial charge on any atom is -0.516 e. The van der Waals surface area contributed by atoms with Crippen molar-refractivity contribution >= 4 is 0 Å². The van der Waals surface area contributed by atoms with E-state index in [1.165, 1.54) is 56.8 Å². The third-order valence-corrected chi connectivity index (χ3v) is 8.57. The fourth-order valence-corrected chi connectivity index (χ4v) is 7.33. The van der Waals surface area contributed by atoms with Gasteiger partial charge in [0.05, 0.1) is 12.4 Å². The summed E-state index contributed by atoms with van der Waals surface area (Å²) in [5.74, 6) is 2.78. The van der Waals surface area contributed by atoms with Crippen LogP contribution in [0.15, 0.2) is 11.8 Å². The molecule has 0 amide bonds. The smallest absolute Gasteiger partial charge is 0.0786 e. The molecule has 4 rings (SSSR count). The van der Waals surface area contributed by atoms with Crippen LogP contribution < -0.4 is 0 Å². The molecule has 0 aromatic heterocycles. The molecule has 0 spiro atoms. The van der Waals surface area contributed by atoms with Crippen LogP contribution in [0.25, 0.3) is 0 Å². The molecule has 0 aromatic rings. The van der Waals surface area contributed by atoms with Crippen LogP contribution in [-0.2, 0) is 0 Å². The number of rotatable bonds is 0. The van der Waals surface area contributed by atoms with Crippen molar-refractivity contribution in [3.8, 4) is 0 Å². The van der Waals surface area contributed by atoms with E-state index in [9.17, 15) is 10.2 Å². The second-order valence-electron chi connectivity index (χ2n) is 9.23. The summed E-state index contributed by atoms with van der Waals surface area (Å²) in [5.41, 5.74) is 1.86. The van der Waals surface area contributed by atoms with Gasteiger partial charge in [0.15, 0.2) is 0 Å². The highest BCUT2D eigenvalue weighted by Gasteiger charge is 2.60. The molecule has 4 saturated carbocycles. The summed E-state index contributed by atoms with van der Waals surface area (Å²) in [6.45, 7) is 4.86. The van der Waals surface area contributed by atoms with Crippen molar-refractivity contribution in [3.05, 3.63) is 11.8 Å². The Kier molecular flexibility index (Phi) is 3.42. The predicted molar refractivity (Wildman–Crippen MR) is 88.4 cm³/mol. The molecule has 0 heterocycles. The molecule has 0 aromatic carbocycles. The molecule has 0 bridgehead atoms. The van der Waals surface area contributed by atoms with Crippen LogP contribution in [0.5, 0.6) is 0 Å². The molecule has 124 valence electrons. The summed E-state index contributed by atoms with van der Waals surface area (Å²) >= 11 is 0. The summed E-state index contributed by atoms with van der Waals surface area (Å²) in [6.07, 6.45) is 12.4. The van der Waals surface area contributed by atoms with E-state index >= 15 is 0 Å². The molecular weight excluding hydrogens is 272 g/mol. The molecule has 0 aliphatic heterocycles. The number of allylic oxidation sites excluding steroid dienone is 1. The van der Waals surface area contributed by atoms with E-state index in [2.05, 4.69) is 13.8 Å². The van der Waals surface area contributed by atoms with Gasteiger partial charge in [-0.1, -0.05) is 26.7 Å². The van der Waals surface area contributed by atoms with Gasteiger partial charge in [-0.15, -0.1) is 0 Å². The summed E-state index contributed by atoms with van der Waals surface area (Å²) < 4.78 is 0. The summed E-state index contributed by atoms with van der Waals surface area (Å²) in [4.78, 5) is 0. The number of hydrogen-bond acceptors (Lipinski definition) is 2.